The molecule has 1 saturated heterocycles. The molecule has 6 heteroatoms. The number of hydrogen-bond donors (Lipinski definition) is 1. The Labute approximate surface area is 129 Å². The van der Waals surface area contributed by atoms with Gasteiger partial charge in [-0.05, 0) is 12.1 Å². The lowest BCUT2D eigenvalue weighted by atomic mass is 10.2. The number of amidine groups is 1. The van der Waals surface area contributed by atoms with Crippen LogP contribution in [0.1, 0.15) is 0 Å². The number of para-hydroxylation sites is 2. The van der Waals surface area contributed by atoms with Crippen molar-refractivity contribution in [2.24, 2.45) is 4.99 Å². The van der Waals surface area contributed by atoms with Crippen molar-refractivity contribution >= 4 is 23.1 Å². The smallest absolute Gasteiger partial charge is 0.270 e. The third kappa shape index (κ3) is 2.07. The molecule has 1 fully saturated rings. The molecule has 4 rings (SSSR count). The summed E-state index contributed by atoms with van der Waals surface area (Å²) in [5.74, 6) is 0.918. The van der Waals surface area contributed by atoms with Crippen LogP contribution < -0.4 is 5.32 Å². The molecule has 0 spiro atoms. The zero-order chi connectivity index (χ0) is 15.1. The molecule has 6 nitrogen and oxygen atoms in total. The first-order valence-electron chi connectivity index (χ1n) is 7.50. The second-order valence-electron chi connectivity index (χ2n) is 5.69. The molecule has 0 saturated carbocycles. The van der Waals surface area contributed by atoms with E-state index in [9.17, 15) is 4.79 Å². The third-order valence-electron chi connectivity index (χ3n) is 4.23. The van der Waals surface area contributed by atoms with Crippen LogP contribution >= 0.6 is 0 Å². The average Bonchev–Trinajstić information content (AvgIpc) is 2.74. The van der Waals surface area contributed by atoms with Gasteiger partial charge in [0.15, 0.2) is 0 Å². The molecule has 1 amide bonds. The van der Waals surface area contributed by atoms with Crippen LogP contribution in [0.4, 0.5) is 11.4 Å². The summed E-state index contributed by atoms with van der Waals surface area (Å²) >= 11 is 0. The van der Waals surface area contributed by atoms with Gasteiger partial charge in [-0.15, -0.1) is 0 Å². The molecule has 0 unspecified atom stereocenters. The Kier molecular flexibility index (Phi) is 3.11. The maximum absolute atomic E-state index is 12.4. The summed E-state index contributed by atoms with van der Waals surface area (Å²) in [6.45, 7) is 3.58. The normalized spacial score (nSPS) is 21.1. The van der Waals surface area contributed by atoms with Crippen molar-refractivity contribution in [3.8, 4) is 0 Å². The lowest BCUT2D eigenvalue weighted by molar-refractivity contribution is -0.124. The van der Waals surface area contributed by atoms with E-state index in [1.165, 1.54) is 0 Å². The van der Waals surface area contributed by atoms with E-state index >= 15 is 0 Å². The Balaban J connectivity index is 1.83. The lowest BCUT2D eigenvalue weighted by Gasteiger charge is -2.30. The average molecular weight is 298 g/mol. The van der Waals surface area contributed by atoms with Crippen LogP contribution in [0.3, 0.4) is 0 Å². The van der Waals surface area contributed by atoms with Crippen LogP contribution in [-0.4, -0.2) is 61.4 Å². The number of ether oxygens (including phenoxy) is 1. The number of hydrogen-bond acceptors (Lipinski definition) is 5. The highest BCUT2D eigenvalue weighted by Crippen LogP contribution is 2.34. The minimum atomic E-state index is 0.0210. The molecule has 0 aromatic heterocycles. The molecule has 3 heterocycles. The highest BCUT2D eigenvalue weighted by Gasteiger charge is 2.35. The summed E-state index contributed by atoms with van der Waals surface area (Å²) in [5.41, 5.74) is 3.37. The molecule has 0 radical (unpaired) electrons. The number of nitrogens with one attached hydrogen (secondary N) is 1. The first-order valence-corrected chi connectivity index (χ1v) is 7.50. The summed E-state index contributed by atoms with van der Waals surface area (Å²) < 4.78 is 5.44. The minimum Gasteiger partial charge on any atom is -0.378 e. The molecule has 22 heavy (non-hydrogen) atoms. The fourth-order valence-corrected chi connectivity index (χ4v) is 3.05. The molecular formula is C16H18N4O2. The molecule has 3 aliphatic rings. The van der Waals surface area contributed by atoms with Gasteiger partial charge in [-0.1, -0.05) is 12.1 Å². The van der Waals surface area contributed by atoms with Gasteiger partial charge in [-0.2, -0.15) is 0 Å². The lowest BCUT2D eigenvalue weighted by Crippen LogP contribution is -2.42. The van der Waals surface area contributed by atoms with Gasteiger partial charge in [0.1, 0.15) is 11.5 Å². The van der Waals surface area contributed by atoms with Gasteiger partial charge in [-0.3, -0.25) is 4.79 Å². The van der Waals surface area contributed by atoms with Crippen molar-refractivity contribution < 1.29 is 9.53 Å². The number of rotatable bonds is 0. The van der Waals surface area contributed by atoms with E-state index in [4.69, 9.17) is 9.73 Å². The number of nitrogens with zero attached hydrogens (tertiary/aromatic N) is 3. The van der Waals surface area contributed by atoms with Gasteiger partial charge >= 0.3 is 0 Å². The van der Waals surface area contributed by atoms with Crippen molar-refractivity contribution in [2.45, 2.75) is 0 Å². The molecule has 0 aliphatic carbocycles. The number of benzene rings is 1. The van der Waals surface area contributed by atoms with Gasteiger partial charge in [0.25, 0.3) is 5.91 Å². The van der Waals surface area contributed by atoms with E-state index < -0.39 is 0 Å². The first kappa shape index (κ1) is 13.3. The molecule has 0 atom stereocenters. The number of fused-ring (bicyclic) bond motifs is 1. The largest absolute Gasteiger partial charge is 0.378 e. The van der Waals surface area contributed by atoms with Gasteiger partial charge in [0.05, 0.1) is 31.1 Å². The van der Waals surface area contributed by atoms with E-state index in [2.05, 4.69) is 10.2 Å². The number of likely N-dealkylation sites (N-methyl/N-ethyl adjacent to an activating group) is 1. The maximum atomic E-state index is 12.4. The van der Waals surface area contributed by atoms with Gasteiger partial charge < -0.3 is 19.9 Å². The third-order valence-corrected chi connectivity index (χ3v) is 4.23. The summed E-state index contributed by atoms with van der Waals surface area (Å²) in [7, 11) is 1.82. The fraction of sp³-hybridized carbons (Fsp3) is 0.375. The zero-order valence-electron chi connectivity index (χ0n) is 12.5. The predicted octanol–water partition coefficient (Wildman–Crippen LogP) is 1.20. The molecule has 1 aromatic carbocycles. The predicted molar refractivity (Wildman–Crippen MR) is 84.2 cm³/mol. The molecular weight excluding hydrogens is 280 g/mol. The summed E-state index contributed by atoms with van der Waals surface area (Å²) in [5, 5.41) is 3.29. The van der Waals surface area contributed by atoms with Gasteiger partial charge in [0.2, 0.25) is 0 Å². The van der Waals surface area contributed by atoms with Crippen molar-refractivity contribution in [1.29, 1.82) is 0 Å². The highest BCUT2D eigenvalue weighted by molar-refractivity contribution is 6.14. The number of amides is 1. The Morgan fingerprint density at radius 1 is 1.23 bits per heavy atom. The Morgan fingerprint density at radius 3 is 2.82 bits per heavy atom. The van der Waals surface area contributed by atoms with Gasteiger partial charge in [0, 0.05) is 25.7 Å². The van der Waals surface area contributed by atoms with Crippen LogP contribution in [0.5, 0.6) is 0 Å². The van der Waals surface area contributed by atoms with E-state index in [0.717, 1.165) is 35.9 Å². The first-order chi connectivity index (χ1) is 10.7. The van der Waals surface area contributed by atoms with E-state index in [-0.39, 0.29) is 5.91 Å². The second kappa shape index (κ2) is 5.14. The zero-order valence-corrected chi connectivity index (χ0v) is 12.5. The van der Waals surface area contributed by atoms with Crippen LogP contribution in [0.2, 0.25) is 0 Å². The Morgan fingerprint density at radius 2 is 2.00 bits per heavy atom. The van der Waals surface area contributed by atoms with E-state index in [1.807, 2.05) is 31.3 Å². The summed E-state index contributed by atoms with van der Waals surface area (Å²) in [6.07, 6.45) is 0. The van der Waals surface area contributed by atoms with Crippen molar-refractivity contribution in [2.75, 3.05) is 45.2 Å². The Hall–Kier alpha value is -2.34. The monoisotopic (exact) mass is 298 g/mol. The fourth-order valence-electron chi connectivity index (χ4n) is 3.05. The standard InChI is InChI=1S/C16H18N4O2/c1-19-10-11-14(16(19)21)17-12-4-2-3-5-13(12)18-15(11)20-6-8-22-9-7-20/h2-5,17H,6-10H2,1H3. The van der Waals surface area contributed by atoms with E-state index in [0.29, 0.717) is 25.5 Å². The summed E-state index contributed by atoms with van der Waals surface area (Å²) in [6, 6.07) is 7.84. The van der Waals surface area contributed by atoms with Crippen LogP contribution in [0.25, 0.3) is 0 Å². The maximum Gasteiger partial charge on any atom is 0.270 e. The highest BCUT2D eigenvalue weighted by atomic mass is 16.5. The number of aliphatic imine (C=N–C) groups is 1. The van der Waals surface area contributed by atoms with Crippen LogP contribution in [0.15, 0.2) is 40.5 Å². The van der Waals surface area contributed by atoms with Crippen molar-refractivity contribution in [3.63, 3.8) is 0 Å². The molecule has 114 valence electrons. The number of carbonyl (C=O) groups is 1. The van der Waals surface area contributed by atoms with E-state index in [1.54, 1.807) is 4.90 Å². The molecule has 1 N–H and O–H groups in total. The number of anilines is 1. The molecule has 1 aromatic rings. The SMILES string of the molecule is CN1CC2=C(Nc3ccccc3N=C2N2CCOCC2)C1=O. The van der Waals surface area contributed by atoms with Crippen LogP contribution in [-0.2, 0) is 9.53 Å². The van der Waals surface area contributed by atoms with Crippen molar-refractivity contribution in [1.82, 2.24) is 9.80 Å². The quantitative estimate of drug-likeness (QED) is 0.782. The number of morpholine rings is 1. The second-order valence-corrected chi connectivity index (χ2v) is 5.69. The molecule has 0 bridgehead atoms. The van der Waals surface area contributed by atoms with Crippen molar-refractivity contribution in [3.05, 3.63) is 35.5 Å². The Bertz CT molecular complexity index is 689. The molecule has 3 aliphatic heterocycles. The van der Waals surface area contributed by atoms with Crippen LogP contribution in [0, 0.1) is 0 Å². The van der Waals surface area contributed by atoms with Gasteiger partial charge in [-0.25, -0.2) is 4.99 Å². The topological polar surface area (TPSA) is 57.2 Å². The number of carbonyl (C=O) groups excluding carboxylic acids is 1. The minimum absolute atomic E-state index is 0.0210. The summed E-state index contributed by atoms with van der Waals surface area (Å²) in [4.78, 5) is 21.2.